The summed E-state index contributed by atoms with van der Waals surface area (Å²) in [6.07, 6.45) is 2.03. The summed E-state index contributed by atoms with van der Waals surface area (Å²) in [5.41, 5.74) is 7.93. The van der Waals surface area contributed by atoms with Gasteiger partial charge in [0.15, 0.2) is 0 Å². The van der Waals surface area contributed by atoms with E-state index in [2.05, 4.69) is 17.9 Å². The molecule has 100 valence electrons. The Morgan fingerprint density at radius 2 is 2.22 bits per heavy atom. The number of rotatable bonds is 7. The van der Waals surface area contributed by atoms with Crippen LogP contribution >= 0.6 is 24.0 Å². The number of methoxy groups -OCH3 is 1. The summed E-state index contributed by atoms with van der Waals surface area (Å²) in [6, 6.07) is 6.15. The fourth-order valence-electron chi connectivity index (χ4n) is 1.85. The average molecular weight is 284 g/mol. The molecule has 0 bridgehead atoms. The number of hydrogen-bond acceptors (Lipinski definition) is 4. The monoisotopic (exact) mass is 284 g/mol. The fourth-order valence-corrected chi connectivity index (χ4v) is 2.76. The molecular weight excluding hydrogens is 264 g/mol. The summed E-state index contributed by atoms with van der Waals surface area (Å²) in [4.78, 5) is 3.80. The summed E-state index contributed by atoms with van der Waals surface area (Å²) in [6.45, 7) is 4.54. The first-order valence-electron chi connectivity index (χ1n) is 5.86. The summed E-state index contributed by atoms with van der Waals surface area (Å²) in [5, 5.41) is 0. The van der Waals surface area contributed by atoms with E-state index in [9.17, 15) is 0 Å². The minimum atomic E-state index is 0.450. The van der Waals surface area contributed by atoms with Crippen LogP contribution in [0, 0.1) is 0 Å². The van der Waals surface area contributed by atoms with Gasteiger partial charge in [-0.05, 0) is 25.3 Å². The summed E-state index contributed by atoms with van der Waals surface area (Å²) in [7, 11) is 1.71. The Morgan fingerprint density at radius 3 is 2.72 bits per heavy atom. The van der Waals surface area contributed by atoms with Crippen molar-refractivity contribution in [3.63, 3.8) is 0 Å². The van der Waals surface area contributed by atoms with Gasteiger partial charge in [-0.15, -0.1) is 11.8 Å². The highest BCUT2D eigenvalue weighted by Crippen LogP contribution is 2.29. The molecule has 1 aromatic carbocycles. The molecule has 5 heteroatoms. The molecule has 0 aliphatic rings. The van der Waals surface area contributed by atoms with Gasteiger partial charge in [0.1, 0.15) is 4.99 Å². The van der Waals surface area contributed by atoms with Gasteiger partial charge in [-0.2, -0.15) is 0 Å². The van der Waals surface area contributed by atoms with Crippen LogP contribution in [0.15, 0.2) is 23.1 Å². The van der Waals surface area contributed by atoms with Crippen molar-refractivity contribution < 1.29 is 4.74 Å². The van der Waals surface area contributed by atoms with Crippen LogP contribution in [0.5, 0.6) is 0 Å². The molecule has 0 radical (unpaired) electrons. The molecule has 2 N–H and O–H groups in total. The Labute approximate surface area is 119 Å². The Hall–Kier alpha value is -0.780. The molecular formula is C13H20N2OS2. The maximum atomic E-state index is 5.87. The van der Waals surface area contributed by atoms with Crippen LogP contribution in [-0.4, -0.2) is 38.1 Å². The normalized spacial score (nSPS) is 10.4. The van der Waals surface area contributed by atoms with E-state index in [-0.39, 0.29) is 0 Å². The number of likely N-dealkylation sites (N-methyl/N-ethyl adjacent to an activating group) is 1. The maximum Gasteiger partial charge on any atom is 0.107 e. The number of thioether (sulfide) groups is 1. The zero-order valence-corrected chi connectivity index (χ0v) is 12.7. The second-order valence-electron chi connectivity index (χ2n) is 3.79. The van der Waals surface area contributed by atoms with Crippen molar-refractivity contribution in [1.82, 2.24) is 0 Å². The number of nitrogens with two attached hydrogens (primary N) is 1. The van der Waals surface area contributed by atoms with Crippen LogP contribution in [0.25, 0.3) is 0 Å². The first-order chi connectivity index (χ1) is 8.65. The van der Waals surface area contributed by atoms with Gasteiger partial charge in [-0.3, -0.25) is 0 Å². The first-order valence-corrected chi connectivity index (χ1v) is 7.49. The van der Waals surface area contributed by atoms with Crippen molar-refractivity contribution >= 4 is 34.7 Å². The van der Waals surface area contributed by atoms with Crippen molar-refractivity contribution in [3.05, 3.63) is 23.8 Å². The minimum absolute atomic E-state index is 0.450. The molecule has 18 heavy (non-hydrogen) atoms. The predicted octanol–water partition coefficient (Wildman–Crippen LogP) is 2.52. The van der Waals surface area contributed by atoms with Gasteiger partial charge in [-0.1, -0.05) is 18.3 Å². The molecule has 0 aliphatic heterocycles. The smallest absolute Gasteiger partial charge is 0.107 e. The molecule has 0 heterocycles. The van der Waals surface area contributed by atoms with Crippen molar-refractivity contribution in [2.24, 2.45) is 5.73 Å². The lowest BCUT2D eigenvalue weighted by atomic mass is 10.1. The van der Waals surface area contributed by atoms with Gasteiger partial charge < -0.3 is 15.4 Å². The number of nitrogens with zero attached hydrogens (tertiary/aromatic N) is 1. The number of thiocarbonyl (C=S) groups is 1. The van der Waals surface area contributed by atoms with E-state index in [1.807, 2.05) is 18.4 Å². The molecule has 0 atom stereocenters. The molecule has 0 amide bonds. The summed E-state index contributed by atoms with van der Waals surface area (Å²) in [5.74, 6) is 0. The Kier molecular flexibility index (Phi) is 6.46. The van der Waals surface area contributed by atoms with Gasteiger partial charge in [0.25, 0.3) is 0 Å². The molecule has 0 saturated heterocycles. The van der Waals surface area contributed by atoms with Crippen LogP contribution in [0.4, 0.5) is 5.69 Å². The molecule has 0 unspecified atom stereocenters. The van der Waals surface area contributed by atoms with Gasteiger partial charge >= 0.3 is 0 Å². The van der Waals surface area contributed by atoms with Crippen LogP contribution in [0.3, 0.4) is 0 Å². The molecule has 0 aliphatic carbocycles. The Balaban J connectivity index is 3.16. The lowest BCUT2D eigenvalue weighted by molar-refractivity contribution is 0.205. The van der Waals surface area contributed by atoms with E-state index in [0.717, 1.165) is 29.2 Å². The van der Waals surface area contributed by atoms with Crippen LogP contribution < -0.4 is 10.6 Å². The summed E-state index contributed by atoms with van der Waals surface area (Å²) >= 11 is 6.85. The molecule has 3 nitrogen and oxygen atoms in total. The predicted molar refractivity (Wildman–Crippen MR) is 83.9 cm³/mol. The Bertz CT molecular complexity index is 410. The van der Waals surface area contributed by atoms with Crippen molar-refractivity contribution in [3.8, 4) is 0 Å². The number of ether oxygens (including phenoxy) is 1. The van der Waals surface area contributed by atoms with E-state index in [0.29, 0.717) is 11.6 Å². The number of benzene rings is 1. The molecule has 0 spiro atoms. The van der Waals surface area contributed by atoms with E-state index < -0.39 is 0 Å². The number of anilines is 1. The lowest BCUT2D eigenvalue weighted by Crippen LogP contribution is -2.29. The van der Waals surface area contributed by atoms with E-state index in [1.54, 1.807) is 18.9 Å². The third-order valence-electron chi connectivity index (χ3n) is 2.76. The molecule has 0 fully saturated rings. The third kappa shape index (κ3) is 3.60. The Morgan fingerprint density at radius 1 is 1.50 bits per heavy atom. The molecule has 1 aromatic rings. The van der Waals surface area contributed by atoms with Crippen LogP contribution in [-0.2, 0) is 4.74 Å². The standard InChI is InChI=1S/C13H20N2OS2/c1-4-15(8-9-16-2)10-6-5-7-11(18-3)12(10)13(14)17/h5-7H,4,8-9H2,1-3H3,(H2,14,17). The zero-order chi connectivity index (χ0) is 13.5. The van der Waals surface area contributed by atoms with Crippen LogP contribution in [0.1, 0.15) is 12.5 Å². The maximum absolute atomic E-state index is 5.87. The lowest BCUT2D eigenvalue weighted by Gasteiger charge is -2.26. The quantitative estimate of drug-likeness (QED) is 0.615. The van der Waals surface area contributed by atoms with Crippen molar-refractivity contribution in [2.75, 3.05) is 38.0 Å². The topological polar surface area (TPSA) is 38.5 Å². The zero-order valence-electron chi connectivity index (χ0n) is 11.1. The highest BCUT2D eigenvalue weighted by molar-refractivity contribution is 7.98. The van der Waals surface area contributed by atoms with Crippen LogP contribution in [0.2, 0.25) is 0 Å². The molecule has 0 saturated carbocycles. The highest BCUT2D eigenvalue weighted by atomic mass is 32.2. The second kappa shape index (κ2) is 7.61. The molecule has 0 aromatic heterocycles. The fraction of sp³-hybridized carbons (Fsp3) is 0.462. The average Bonchev–Trinajstić information content (AvgIpc) is 2.38. The van der Waals surface area contributed by atoms with Gasteiger partial charge in [0.05, 0.1) is 6.61 Å². The second-order valence-corrected chi connectivity index (χ2v) is 5.08. The van der Waals surface area contributed by atoms with Crippen molar-refractivity contribution in [1.29, 1.82) is 0 Å². The summed E-state index contributed by atoms with van der Waals surface area (Å²) < 4.78 is 5.14. The van der Waals surface area contributed by atoms with Gasteiger partial charge in [-0.25, -0.2) is 0 Å². The van der Waals surface area contributed by atoms with E-state index in [4.69, 9.17) is 22.7 Å². The third-order valence-corrected chi connectivity index (χ3v) is 3.74. The van der Waals surface area contributed by atoms with E-state index in [1.165, 1.54) is 0 Å². The minimum Gasteiger partial charge on any atom is -0.389 e. The van der Waals surface area contributed by atoms with Gasteiger partial charge in [0, 0.05) is 36.3 Å². The van der Waals surface area contributed by atoms with Gasteiger partial charge in [0.2, 0.25) is 0 Å². The van der Waals surface area contributed by atoms with E-state index >= 15 is 0 Å². The SMILES string of the molecule is CCN(CCOC)c1cccc(SC)c1C(N)=S. The highest BCUT2D eigenvalue weighted by Gasteiger charge is 2.15. The molecule has 1 rings (SSSR count). The first kappa shape index (κ1) is 15.3. The number of hydrogen-bond donors (Lipinski definition) is 1. The van der Waals surface area contributed by atoms with Crippen molar-refractivity contribution in [2.45, 2.75) is 11.8 Å². The largest absolute Gasteiger partial charge is 0.389 e.